The number of amides is 2. The highest BCUT2D eigenvalue weighted by molar-refractivity contribution is 5.95. The van der Waals surface area contributed by atoms with Crippen molar-refractivity contribution in [1.82, 2.24) is 10.6 Å². The lowest BCUT2D eigenvalue weighted by atomic mass is 10.1. The van der Waals surface area contributed by atoms with E-state index in [1.54, 1.807) is 18.2 Å². The van der Waals surface area contributed by atoms with Gasteiger partial charge in [0.25, 0.3) is 5.91 Å². The molecule has 0 atom stereocenters. The summed E-state index contributed by atoms with van der Waals surface area (Å²) in [6.45, 7) is 2.70. The number of nitrogens with one attached hydrogen (secondary N) is 2. The number of methoxy groups -OCH3 is 1. The normalized spacial score (nSPS) is 9.79. The molecule has 0 saturated heterocycles. The van der Waals surface area contributed by atoms with Crippen molar-refractivity contribution in [1.29, 1.82) is 0 Å². The molecule has 0 aliphatic heterocycles. The van der Waals surface area contributed by atoms with E-state index in [-0.39, 0.29) is 24.8 Å². The lowest BCUT2D eigenvalue weighted by Crippen LogP contribution is -2.30. The van der Waals surface area contributed by atoms with Crippen LogP contribution >= 0.6 is 0 Å². The molecule has 0 heterocycles. The fraction of sp³-hybridized carbons (Fsp3) is 0.385. The second kappa shape index (κ2) is 7.25. The SMILES string of the molecule is CCNC(=O)CCNC(=O)c1cc(N)cc(OC)c1. The average Bonchev–Trinajstić information content (AvgIpc) is 2.38. The Morgan fingerprint density at radius 2 is 2.00 bits per heavy atom. The number of rotatable bonds is 6. The van der Waals surface area contributed by atoms with Crippen LogP contribution in [0.15, 0.2) is 18.2 Å². The van der Waals surface area contributed by atoms with E-state index in [2.05, 4.69) is 10.6 Å². The van der Waals surface area contributed by atoms with Crippen LogP contribution in [0.4, 0.5) is 5.69 Å². The van der Waals surface area contributed by atoms with Gasteiger partial charge in [-0.3, -0.25) is 9.59 Å². The first-order valence-corrected chi connectivity index (χ1v) is 6.06. The first-order chi connectivity index (χ1) is 9.06. The third-order valence-electron chi connectivity index (χ3n) is 2.44. The zero-order valence-electron chi connectivity index (χ0n) is 11.2. The second-order valence-corrected chi connectivity index (χ2v) is 3.95. The van der Waals surface area contributed by atoms with E-state index in [1.807, 2.05) is 6.92 Å². The minimum atomic E-state index is -0.283. The average molecular weight is 265 g/mol. The highest BCUT2D eigenvalue weighted by atomic mass is 16.5. The van der Waals surface area contributed by atoms with E-state index >= 15 is 0 Å². The standard InChI is InChI=1S/C13H19N3O3/c1-3-15-12(17)4-5-16-13(18)9-6-10(14)8-11(7-9)19-2/h6-8H,3-5,14H2,1-2H3,(H,15,17)(H,16,18). The minimum Gasteiger partial charge on any atom is -0.497 e. The Kier molecular flexibility index (Phi) is 5.66. The quantitative estimate of drug-likeness (QED) is 0.654. The number of benzene rings is 1. The maximum absolute atomic E-state index is 11.9. The summed E-state index contributed by atoms with van der Waals surface area (Å²) >= 11 is 0. The van der Waals surface area contributed by atoms with Gasteiger partial charge in [0.05, 0.1) is 7.11 Å². The van der Waals surface area contributed by atoms with Gasteiger partial charge in [0.2, 0.25) is 5.91 Å². The molecule has 1 rings (SSSR count). The summed E-state index contributed by atoms with van der Waals surface area (Å²) in [5.41, 5.74) is 6.53. The summed E-state index contributed by atoms with van der Waals surface area (Å²) in [7, 11) is 1.51. The lowest BCUT2D eigenvalue weighted by molar-refractivity contribution is -0.120. The molecule has 0 aliphatic rings. The predicted molar refractivity (Wildman–Crippen MR) is 73.0 cm³/mol. The number of carbonyl (C=O) groups excluding carboxylic acids is 2. The van der Waals surface area contributed by atoms with Crippen molar-refractivity contribution in [3.05, 3.63) is 23.8 Å². The molecule has 2 amide bonds. The van der Waals surface area contributed by atoms with Gasteiger partial charge in [0, 0.05) is 36.8 Å². The van der Waals surface area contributed by atoms with Crippen LogP contribution in [0.3, 0.4) is 0 Å². The molecule has 0 fully saturated rings. The molecular weight excluding hydrogens is 246 g/mol. The molecule has 6 heteroatoms. The first kappa shape index (κ1) is 14.8. The Morgan fingerprint density at radius 1 is 1.26 bits per heavy atom. The van der Waals surface area contributed by atoms with Gasteiger partial charge in [-0.1, -0.05) is 0 Å². The van der Waals surface area contributed by atoms with Crippen LogP contribution in [0, 0.1) is 0 Å². The molecule has 0 radical (unpaired) electrons. The minimum absolute atomic E-state index is 0.0899. The van der Waals surface area contributed by atoms with Gasteiger partial charge in [-0.25, -0.2) is 0 Å². The Bertz CT molecular complexity index is 460. The van der Waals surface area contributed by atoms with Crippen LogP contribution < -0.4 is 21.1 Å². The molecule has 1 aromatic rings. The maximum Gasteiger partial charge on any atom is 0.251 e. The van der Waals surface area contributed by atoms with Crippen molar-refractivity contribution in [3.8, 4) is 5.75 Å². The highest BCUT2D eigenvalue weighted by Crippen LogP contribution is 2.18. The summed E-state index contributed by atoms with van der Waals surface area (Å²) in [4.78, 5) is 23.1. The number of nitrogen functional groups attached to an aromatic ring is 1. The number of hydrogen-bond acceptors (Lipinski definition) is 4. The summed E-state index contributed by atoms with van der Waals surface area (Å²) in [5, 5.41) is 5.31. The molecule has 4 N–H and O–H groups in total. The van der Waals surface area contributed by atoms with Crippen LogP contribution in [-0.2, 0) is 4.79 Å². The van der Waals surface area contributed by atoms with Crippen molar-refractivity contribution in [2.24, 2.45) is 0 Å². The monoisotopic (exact) mass is 265 g/mol. The van der Waals surface area contributed by atoms with Crippen LogP contribution in [-0.4, -0.2) is 32.0 Å². The number of carbonyl (C=O) groups is 2. The first-order valence-electron chi connectivity index (χ1n) is 6.06. The van der Waals surface area contributed by atoms with Crippen LogP contribution in [0.5, 0.6) is 5.75 Å². The number of ether oxygens (including phenoxy) is 1. The maximum atomic E-state index is 11.9. The van der Waals surface area contributed by atoms with Gasteiger partial charge in [-0.2, -0.15) is 0 Å². The largest absolute Gasteiger partial charge is 0.497 e. The topological polar surface area (TPSA) is 93.5 Å². The van der Waals surface area contributed by atoms with Crippen molar-refractivity contribution >= 4 is 17.5 Å². The Labute approximate surface area is 112 Å². The lowest BCUT2D eigenvalue weighted by Gasteiger charge is -2.08. The van der Waals surface area contributed by atoms with Gasteiger partial charge in [-0.05, 0) is 19.1 Å². The summed E-state index contributed by atoms with van der Waals surface area (Å²) < 4.78 is 5.04. The third-order valence-corrected chi connectivity index (χ3v) is 2.44. The molecule has 0 bridgehead atoms. The van der Waals surface area contributed by atoms with E-state index in [0.717, 1.165) is 0 Å². The Balaban J connectivity index is 2.54. The van der Waals surface area contributed by atoms with Gasteiger partial charge in [-0.15, -0.1) is 0 Å². The van der Waals surface area contributed by atoms with Crippen molar-refractivity contribution < 1.29 is 14.3 Å². The highest BCUT2D eigenvalue weighted by Gasteiger charge is 2.08. The summed E-state index contributed by atoms with van der Waals surface area (Å²) in [6.07, 6.45) is 0.249. The molecule has 0 unspecified atom stereocenters. The van der Waals surface area contributed by atoms with Gasteiger partial charge in [0.15, 0.2) is 0 Å². The number of nitrogens with two attached hydrogens (primary N) is 1. The fourth-order valence-corrected chi connectivity index (χ4v) is 1.55. The Morgan fingerprint density at radius 3 is 2.63 bits per heavy atom. The molecule has 6 nitrogen and oxygen atoms in total. The molecule has 0 saturated carbocycles. The van der Waals surface area contributed by atoms with Crippen LogP contribution in [0.1, 0.15) is 23.7 Å². The Hall–Kier alpha value is -2.24. The zero-order valence-corrected chi connectivity index (χ0v) is 11.2. The predicted octanol–water partition coefficient (Wildman–Crippen LogP) is 0.533. The fourth-order valence-electron chi connectivity index (χ4n) is 1.55. The summed E-state index contributed by atoms with van der Waals surface area (Å²) in [5.74, 6) is 0.150. The third kappa shape index (κ3) is 4.87. The number of hydrogen-bond donors (Lipinski definition) is 3. The van der Waals surface area contributed by atoms with Crippen LogP contribution in [0.25, 0.3) is 0 Å². The summed E-state index contributed by atoms with van der Waals surface area (Å²) in [6, 6.07) is 4.78. The van der Waals surface area contributed by atoms with Crippen molar-refractivity contribution in [2.75, 3.05) is 25.9 Å². The van der Waals surface area contributed by atoms with Gasteiger partial charge < -0.3 is 21.1 Å². The second-order valence-electron chi connectivity index (χ2n) is 3.95. The zero-order chi connectivity index (χ0) is 14.3. The molecule has 1 aromatic carbocycles. The van der Waals surface area contributed by atoms with Crippen LogP contribution in [0.2, 0.25) is 0 Å². The van der Waals surface area contributed by atoms with Gasteiger partial charge in [0.1, 0.15) is 5.75 Å². The molecule has 104 valence electrons. The molecule has 0 aromatic heterocycles. The van der Waals surface area contributed by atoms with E-state index in [1.165, 1.54) is 7.11 Å². The smallest absolute Gasteiger partial charge is 0.251 e. The molecule has 0 aliphatic carbocycles. The van der Waals surface area contributed by atoms with Crippen molar-refractivity contribution in [3.63, 3.8) is 0 Å². The molecule has 19 heavy (non-hydrogen) atoms. The molecular formula is C13H19N3O3. The van der Waals surface area contributed by atoms with E-state index in [0.29, 0.717) is 23.5 Å². The van der Waals surface area contributed by atoms with E-state index in [9.17, 15) is 9.59 Å². The van der Waals surface area contributed by atoms with Crippen molar-refractivity contribution in [2.45, 2.75) is 13.3 Å². The number of anilines is 1. The molecule has 0 spiro atoms. The van der Waals surface area contributed by atoms with E-state index in [4.69, 9.17) is 10.5 Å². The van der Waals surface area contributed by atoms with E-state index < -0.39 is 0 Å². The van der Waals surface area contributed by atoms with Gasteiger partial charge >= 0.3 is 0 Å².